The Morgan fingerprint density at radius 1 is 1.50 bits per heavy atom. The SMILES string of the molecule is CCCNCC(O)c1ccc(OC)c(Br)c1. The summed E-state index contributed by atoms with van der Waals surface area (Å²) in [6.07, 6.45) is 0.590. The first-order valence-electron chi connectivity index (χ1n) is 5.41. The van der Waals surface area contributed by atoms with Crippen LogP contribution in [0.3, 0.4) is 0 Å². The monoisotopic (exact) mass is 287 g/mol. The Morgan fingerprint density at radius 2 is 2.25 bits per heavy atom. The van der Waals surface area contributed by atoms with E-state index in [9.17, 15) is 5.11 Å². The van der Waals surface area contributed by atoms with Crippen molar-refractivity contribution in [1.29, 1.82) is 0 Å². The molecule has 0 amide bonds. The molecule has 1 aromatic rings. The van der Waals surface area contributed by atoms with Crippen LogP contribution in [0.1, 0.15) is 25.0 Å². The van der Waals surface area contributed by atoms with Crippen molar-refractivity contribution in [2.24, 2.45) is 0 Å². The molecule has 90 valence electrons. The van der Waals surface area contributed by atoms with E-state index in [1.54, 1.807) is 7.11 Å². The standard InChI is InChI=1S/C12H18BrNO2/c1-3-6-14-8-11(15)9-4-5-12(16-2)10(13)7-9/h4-5,7,11,14-15H,3,6,8H2,1-2H3. The van der Waals surface area contributed by atoms with Crippen molar-refractivity contribution in [3.05, 3.63) is 28.2 Å². The van der Waals surface area contributed by atoms with Gasteiger partial charge in [-0.25, -0.2) is 0 Å². The van der Waals surface area contributed by atoms with Crippen LogP contribution in [0.15, 0.2) is 22.7 Å². The minimum Gasteiger partial charge on any atom is -0.496 e. The van der Waals surface area contributed by atoms with E-state index in [1.165, 1.54) is 0 Å². The summed E-state index contributed by atoms with van der Waals surface area (Å²) in [5.41, 5.74) is 0.885. The Balaban J connectivity index is 2.62. The first kappa shape index (κ1) is 13.5. The molecule has 0 radical (unpaired) electrons. The van der Waals surface area contributed by atoms with Gasteiger partial charge in [-0.2, -0.15) is 0 Å². The Hall–Kier alpha value is -0.580. The van der Waals surface area contributed by atoms with E-state index in [-0.39, 0.29) is 0 Å². The van der Waals surface area contributed by atoms with Crippen LogP contribution < -0.4 is 10.1 Å². The minimum atomic E-state index is -0.478. The molecule has 0 saturated heterocycles. The van der Waals surface area contributed by atoms with Crippen LogP contribution >= 0.6 is 15.9 Å². The van der Waals surface area contributed by atoms with Crippen molar-refractivity contribution in [1.82, 2.24) is 5.32 Å². The van der Waals surface area contributed by atoms with E-state index >= 15 is 0 Å². The average Bonchev–Trinajstić information content (AvgIpc) is 2.29. The van der Waals surface area contributed by atoms with Crippen molar-refractivity contribution in [2.45, 2.75) is 19.4 Å². The van der Waals surface area contributed by atoms with Crippen LogP contribution in [0.2, 0.25) is 0 Å². The van der Waals surface area contributed by atoms with Crippen LogP contribution in [0, 0.1) is 0 Å². The lowest BCUT2D eigenvalue weighted by Crippen LogP contribution is -2.22. The lowest BCUT2D eigenvalue weighted by Gasteiger charge is -2.13. The van der Waals surface area contributed by atoms with E-state index in [0.717, 1.165) is 28.8 Å². The van der Waals surface area contributed by atoms with Crippen molar-refractivity contribution in [2.75, 3.05) is 20.2 Å². The van der Waals surface area contributed by atoms with Crippen LogP contribution in [0.25, 0.3) is 0 Å². The summed E-state index contributed by atoms with van der Waals surface area (Å²) in [7, 11) is 1.62. The summed E-state index contributed by atoms with van der Waals surface area (Å²) >= 11 is 3.40. The number of hydrogen-bond acceptors (Lipinski definition) is 3. The number of halogens is 1. The summed E-state index contributed by atoms with van der Waals surface area (Å²) in [5.74, 6) is 0.775. The summed E-state index contributed by atoms with van der Waals surface area (Å²) < 4.78 is 6.00. The molecule has 1 unspecified atom stereocenters. The van der Waals surface area contributed by atoms with Crippen LogP contribution in [0.4, 0.5) is 0 Å². The number of aliphatic hydroxyl groups excluding tert-OH is 1. The topological polar surface area (TPSA) is 41.5 Å². The van der Waals surface area contributed by atoms with Crippen molar-refractivity contribution in [3.8, 4) is 5.75 Å². The Morgan fingerprint density at radius 3 is 2.81 bits per heavy atom. The van der Waals surface area contributed by atoms with Crippen LogP contribution in [-0.4, -0.2) is 25.3 Å². The van der Waals surface area contributed by atoms with Gasteiger partial charge in [-0.3, -0.25) is 0 Å². The highest BCUT2D eigenvalue weighted by atomic mass is 79.9. The summed E-state index contributed by atoms with van der Waals surface area (Å²) in [6.45, 7) is 3.60. The maximum absolute atomic E-state index is 9.91. The Labute approximate surface area is 105 Å². The van der Waals surface area contributed by atoms with Gasteiger partial charge in [0, 0.05) is 6.54 Å². The third-order valence-electron chi connectivity index (χ3n) is 2.33. The van der Waals surface area contributed by atoms with Gasteiger partial charge >= 0.3 is 0 Å². The number of hydrogen-bond donors (Lipinski definition) is 2. The third kappa shape index (κ3) is 3.77. The van der Waals surface area contributed by atoms with Gasteiger partial charge in [0.15, 0.2) is 0 Å². The fourth-order valence-corrected chi connectivity index (χ4v) is 1.98. The molecule has 1 rings (SSSR count). The van der Waals surface area contributed by atoms with Gasteiger partial charge in [0.25, 0.3) is 0 Å². The molecule has 0 heterocycles. The fourth-order valence-electron chi connectivity index (χ4n) is 1.42. The van der Waals surface area contributed by atoms with Crippen molar-refractivity contribution < 1.29 is 9.84 Å². The van der Waals surface area contributed by atoms with Crippen molar-refractivity contribution in [3.63, 3.8) is 0 Å². The molecule has 0 aliphatic carbocycles. The Kier molecular flexibility index (Phi) is 5.80. The van der Waals surface area contributed by atoms with Gasteiger partial charge in [-0.05, 0) is 46.6 Å². The number of methoxy groups -OCH3 is 1. The molecule has 0 saturated carbocycles. The molecule has 1 aromatic carbocycles. The number of aliphatic hydroxyl groups is 1. The quantitative estimate of drug-likeness (QED) is 0.790. The van der Waals surface area contributed by atoms with Gasteiger partial charge < -0.3 is 15.2 Å². The predicted octanol–water partition coefficient (Wildman–Crippen LogP) is 2.49. The smallest absolute Gasteiger partial charge is 0.133 e. The molecule has 0 bridgehead atoms. The molecule has 2 N–H and O–H groups in total. The van der Waals surface area contributed by atoms with E-state index < -0.39 is 6.10 Å². The molecule has 3 nitrogen and oxygen atoms in total. The highest BCUT2D eigenvalue weighted by Crippen LogP contribution is 2.27. The second-order valence-corrected chi connectivity index (χ2v) is 4.47. The number of rotatable bonds is 6. The van der Waals surface area contributed by atoms with Gasteiger partial charge in [-0.1, -0.05) is 13.0 Å². The minimum absolute atomic E-state index is 0.478. The average molecular weight is 288 g/mol. The molecule has 1 atom stereocenters. The van der Waals surface area contributed by atoms with Gasteiger partial charge in [-0.15, -0.1) is 0 Å². The van der Waals surface area contributed by atoms with Gasteiger partial charge in [0.2, 0.25) is 0 Å². The van der Waals surface area contributed by atoms with Crippen molar-refractivity contribution >= 4 is 15.9 Å². The maximum Gasteiger partial charge on any atom is 0.133 e. The van der Waals surface area contributed by atoms with Crippen LogP contribution in [-0.2, 0) is 0 Å². The number of ether oxygens (including phenoxy) is 1. The van der Waals surface area contributed by atoms with E-state index in [0.29, 0.717) is 6.54 Å². The number of nitrogens with one attached hydrogen (secondary N) is 1. The molecule has 4 heteroatoms. The lowest BCUT2D eigenvalue weighted by atomic mass is 10.1. The van der Waals surface area contributed by atoms with Gasteiger partial charge in [0.05, 0.1) is 17.7 Å². The zero-order valence-electron chi connectivity index (χ0n) is 9.66. The van der Waals surface area contributed by atoms with Gasteiger partial charge in [0.1, 0.15) is 5.75 Å². The second-order valence-electron chi connectivity index (χ2n) is 3.61. The predicted molar refractivity (Wildman–Crippen MR) is 68.8 cm³/mol. The highest BCUT2D eigenvalue weighted by molar-refractivity contribution is 9.10. The van der Waals surface area contributed by atoms with E-state index in [1.807, 2.05) is 18.2 Å². The summed E-state index contributed by atoms with van der Waals surface area (Å²) in [5, 5.41) is 13.1. The van der Waals surface area contributed by atoms with E-state index in [2.05, 4.69) is 28.2 Å². The molecular weight excluding hydrogens is 270 g/mol. The summed E-state index contributed by atoms with van der Waals surface area (Å²) in [4.78, 5) is 0. The first-order valence-corrected chi connectivity index (χ1v) is 6.20. The van der Waals surface area contributed by atoms with E-state index in [4.69, 9.17) is 4.74 Å². The molecule has 0 aliphatic rings. The molecule has 0 fully saturated rings. The first-order chi connectivity index (χ1) is 7.69. The largest absolute Gasteiger partial charge is 0.496 e. The molecule has 0 aromatic heterocycles. The Bertz CT molecular complexity index is 331. The summed E-state index contributed by atoms with van der Waals surface area (Å²) in [6, 6.07) is 5.61. The molecule has 16 heavy (non-hydrogen) atoms. The molecular formula is C12H18BrNO2. The maximum atomic E-state index is 9.91. The number of benzene rings is 1. The second kappa shape index (κ2) is 6.89. The zero-order valence-corrected chi connectivity index (χ0v) is 11.3. The zero-order chi connectivity index (χ0) is 12.0. The molecule has 0 spiro atoms. The normalized spacial score (nSPS) is 12.5. The fraction of sp³-hybridized carbons (Fsp3) is 0.500. The van der Waals surface area contributed by atoms with Crippen LogP contribution in [0.5, 0.6) is 5.75 Å². The third-order valence-corrected chi connectivity index (χ3v) is 2.94. The highest BCUT2D eigenvalue weighted by Gasteiger charge is 2.09. The molecule has 0 aliphatic heterocycles. The lowest BCUT2D eigenvalue weighted by molar-refractivity contribution is 0.175.